The Morgan fingerprint density at radius 3 is 1.14 bits per heavy atom. The van der Waals surface area contributed by atoms with Gasteiger partial charge in [-0.15, -0.1) is 0 Å². The lowest BCUT2D eigenvalue weighted by atomic mass is 9.90. The van der Waals surface area contributed by atoms with Gasteiger partial charge in [0.2, 0.25) is 0 Å². The minimum Gasteiger partial charge on any atom is -0.497 e. The molecule has 5 rings (SSSR count). The largest absolute Gasteiger partial charge is 0.497 e. The highest BCUT2D eigenvalue weighted by molar-refractivity contribution is 6.14. The van der Waals surface area contributed by atoms with E-state index < -0.39 is 0 Å². The quantitative estimate of drug-likeness (QED) is 0.182. The number of methoxy groups -OCH3 is 2. The minimum absolute atomic E-state index is 0.879. The van der Waals surface area contributed by atoms with Crippen molar-refractivity contribution in [3.63, 3.8) is 0 Å². The van der Waals surface area contributed by atoms with Crippen LogP contribution in [0.15, 0.2) is 84.9 Å². The molecule has 0 aliphatic rings. The van der Waals surface area contributed by atoms with E-state index in [1.54, 1.807) is 14.2 Å². The second kappa shape index (κ2) is 10.1. The van der Waals surface area contributed by atoms with Crippen LogP contribution >= 0.6 is 0 Å². The van der Waals surface area contributed by atoms with Gasteiger partial charge in [-0.3, -0.25) is 0 Å². The Balaban J connectivity index is 1.67. The van der Waals surface area contributed by atoms with E-state index in [1.807, 2.05) is 12.1 Å². The zero-order chi connectivity index (χ0) is 25.1. The molecule has 0 N–H and O–H groups in total. The number of hydrogen-bond acceptors (Lipinski definition) is 2. The number of fused-ring (bicyclic) bond motifs is 2. The normalized spacial score (nSPS) is 11.7. The van der Waals surface area contributed by atoms with E-state index in [4.69, 9.17) is 9.47 Å². The lowest BCUT2D eigenvalue weighted by molar-refractivity contribution is 0.414. The van der Waals surface area contributed by atoms with Crippen molar-refractivity contribution in [3.8, 4) is 11.5 Å². The van der Waals surface area contributed by atoms with Crippen LogP contribution in [-0.4, -0.2) is 14.2 Å². The van der Waals surface area contributed by atoms with E-state index in [1.165, 1.54) is 54.9 Å². The predicted octanol–water partition coefficient (Wildman–Crippen LogP) is 8.97. The summed E-state index contributed by atoms with van der Waals surface area (Å²) in [4.78, 5) is 0. The van der Waals surface area contributed by atoms with Gasteiger partial charge in [0.25, 0.3) is 0 Å². The van der Waals surface area contributed by atoms with E-state index in [9.17, 15) is 0 Å². The summed E-state index contributed by atoms with van der Waals surface area (Å²) < 4.78 is 10.8. The maximum absolute atomic E-state index is 5.38. The van der Waals surface area contributed by atoms with Gasteiger partial charge in [-0.25, -0.2) is 0 Å². The fraction of sp³-hybridized carbons (Fsp3) is 0.118. The van der Waals surface area contributed by atoms with Crippen molar-refractivity contribution >= 4 is 45.8 Å². The summed E-state index contributed by atoms with van der Waals surface area (Å²) in [5.41, 5.74) is 7.21. The summed E-state index contributed by atoms with van der Waals surface area (Å²) in [5, 5.41) is 4.96. The Labute approximate surface area is 213 Å². The van der Waals surface area contributed by atoms with Crippen molar-refractivity contribution in [2.75, 3.05) is 14.2 Å². The topological polar surface area (TPSA) is 18.5 Å². The number of benzene rings is 5. The van der Waals surface area contributed by atoms with Crippen LogP contribution in [0.2, 0.25) is 0 Å². The summed E-state index contributed by atoms with van der Waals surface area (Å²) in [5.74, 6) is 1.76. The molecular formula is C34H30O2. The summed E-state index contributed by atoms with van der Waals surface area (Å²) in [6.07, 6.45) is 8.92. The van der Waals surface area contributed by atoms with E-state index in [0.717, 1.165) is 11.5 Å². The summed E-state index contributed by atoms with van der Waals surface area (Å²) in [6.45, 7) is 4.24. The third-order valence-electron chi connectivity index (χ3n) is 6.83. The molecule has 0 saturated heterocycles. The van der Waals surface area contributed by atoms with E-state index >= 15 is 0 Å². The van der Waals surface area contributed by atoms with E-state index in [2.05, 4.69) is 111 Å². The average molecular weight is 471 g/mol. The Morgan fingerprint density at radius 2 is 0.833 bits per heavy atom. The van der Waals surface area contributed by atoms with Crippen molar-refractivity contribution in [1.82, 2.24) is 0 Å². The van der Waals surface area contributed by atoms with Crippen LogP contribution in [0.25, 0.3) is 45.8 Å². The molecule has 0 unspecified atom stereocenters. The van der Waals surface area contributed by atoms with Crippen molar-refractivity contribution in [2.24, 2.45) is 0 Å². The lowest BCUT2D eigenvalue weighted by Gasteiger charge is -2.13. The Hall–Kier alpha value is -4.30. The maximum atomic E-state index is 5.38. The van der Waals surface area contributed by atoms with Crippen LogP contribution in [0, 0.1) is 13.8 Å². The number of hydrogen-bond donors (Lipinski definition) is 0. The van der Waals surface area contributed by atoms with Crippen molar-refractivity contribution < 1.29 is 9.47 Å². The van der Waals surface area contributed by atoms with E-state index in [0.29, 0.717) is 0 Å². The molecule has 2 heteroatoms. The third kappa shape index (κ3) is 4.50. The zero-order valence-corrected chi connectivity index (χ0v) is 21.2. The number of rotatable bonds is 6. The lowest BCUT2D eigenvalue weighted by Crippen LogP contribution is -1.90. The number of aryl methyl sites for hydroxylation is 2. The first-order valence-corrected chi connectivity index (χ1v) is 12.2. The smallest absolute Gasteiger partial charge is 0.119 e. The minimum atomic E-state index is 0.879. The van der Waals surface area contributed by atoms with Crippen LogP contribution in [0.5, 0.6) is 11.5 Å². The first kappa shape index (κ1) is 23.4. The molecule has 36 heavy (non-hydrogen) atoms. The predicted molar refractivity (Wildman–Crippen MR) is 155 cm³/mol. The van der Waals surface area contributed by atoms with Crippen LogP contribution in [0.4, 0.5) is 0 Å². The zero-order valence-electron chi connectivity index (χ0n) is 21.2. The average Bonchev–Trinajstić information content (AvgIpc) is 2.91. The van der Waals surface area contributed by atoms with Gasteiger partial charge >= 0.3 is 0 Å². The van der Waals surface area contributed by atoms with Gasteiger partial charge in [-0.1, -0.05) is 85.0 Å². The summed E-state index contributed by atoms with van der Waals surface area (Å²) in [6, 6.07) is 29.8. The maximum Gasteiger partial charge on any atom is 0.119 e. The third-order valence-corrected chi connectivity index (χ3v) is 6.83. The SMILES string of the molecule is COc1ccc(/C=C\c2c3ccccc3c(/C=C\c3ccc(OC)cc3C)c3ccccc23)c(C)c1. The van der Waals surface area contributed by atoms with Crippen molar-refractivity contribution in [2.45, 2.75) is 13.8 Å². The Kier molecular flexibility index (Phi) is 6.60. The highest BCUT2D eigenvalue weighted by Crippen LogP contribution is 2.35. The molecule has 2 nitrogen and oxygen atoms in total. The van der Waals surface area contributed by atoms with Gasteiger partial charge in [0.1, 0.15) is 11.5 Å². The van der Waals surface area contributed by atoms with E-state index in [-0.39, 0.29) is 0 Å². The standard InChI is InChI=1S/C34H30O2/c1-23-21-27(35-3)17-13-25(23)15-19-33-29-9-5-7-11-31(29)34(32-12-8-6-10-30(32)33)20-16-26-14-18-28(36-4)22-24(26)2/h5-22H,1-4H3/b19-15-,20-16-. The van der Waals surface area contributed by atoms with Gasteiger partial charge in [0, 0.05) is 0 Å². The number of ether oxygens (including phenoxy) is 2. The fourth-order valence-electron chi connectivity index (χ4n) is 4.83. The second-order valence-corrected chi connectivity index (χ2v) is 9.03. The fourth-order valence-corrected chi connectivity index (χ4v) is 4.83. The van der Waals surface area contributed by atoms with Crippen LogP contribution < -0.4 is 9.47 Å². The van der Waals surface area contributed by atoms with Gasteiger partial charge in [-0.2, -0.15) is 0 Å². The van der Waals surface area contributed by atoms with Gasteiger partial charge in [-0.05, 0) is 93.0 Å². The first-order chi connectivity index (χ1) is 17.6. The Bertz CT molecular complexity index is 1440. The molecule has 0 fully saturated rings. The highest BCUT2D eigenvalue weighted by Gasteiger charge is 2.11. The van der Waals surface area contributed by atoms with Crippen molar-refractivity contribution in [3.05, 3.63) is 118 Å². The molecule has 0 heterocycles. The molecule has 0 bridgehead atoms. The molecule has 0 amide bonds. The summed E-state index contributed by atoms with van der Waals surface area (Å²) in [7, 11) is 3.41. The van der Waals surface area contributed by atoms with Crippen LogP contribution in [0.1, 0.15) is 33.4 Å². The molecule has 0 aromatic heterocycles. The van der Waals surface area contributed by atoms with Crippen LogP contribution in [-0.2, 0) is 0 Å². The Morgan fingerprint density at radius 1 is 0.472 bits per heavy atom. The second-order valence-electron chi connectivity index (χ2n) is 9.03. The molecule has 0 aliphatic carbocycles. The molecule has 178 valence electrons. The molecule has 0 atom stereocenters. The van der Waals surface area contributed by atoms with Gasteiger partial charge in [0.05, 0.1) is 14.2 Å². The molecule has 5 aromatic carbocycles. The summed E-state index contributed by atoms with van der Waals surface area (Å²) >= 11 is 0. The van der Waals surface area contributed by atoms with Crippen molar-refractivity contribution in [1.29, 1.82) is 0 Å². The van der Waals surface area contributed by atoms with Gasteiger partial charge in [0.15, 0.2) is 0 Å². The molecule has 0 aliphatic heterocycles. The van der Waals surface area contributed by atoms with Gasteiger partial charge < -0.3 is 9.47 Å². The molecule has 0 radical (unpaired) electrons. The molecule has 5 aromatic rings. The first-order valence-electron chi connectivity index (χ1n) is 12.2. The monoisotopic (exact) mass is 470 g/mol. The highest BCUT2D eigenvalue weighted by atomic mass is 16.5. The van der Waals surface area contributed by atoms with Crippen LogP contribution in [0.3, 0.4) is 0 Å². The molecule has 0 spiro atoms. The molecule has 0 saturated carbocycles. The molecular weight excluding hydrogens is 440 g/mol.